The van der Waals surface area contributed by atoms with Gasteiger partial charge in [0.05, 0.1) is 18.1 Å². The fraction of sp³-hybridized carbons (Fsp3) is 0.467. The molecular formula is C30H37N3O4S. The van der Waals surface area contributed by atoms with Crippen LogP contribution in [0.4, 0.5) is 5.69 Å². The maximum Gasteiger partial charge on any atom is 0.256 e. The maximum atomic E-state index is 12.9. The molecule has 2 aromatic rings. The van der Waals surface area contributed by atoms with Crippen LogP contribution in [-0.2, 0) is 51.7 Å². The highest BCUT2D eigenvalue weighted by atomic mass is 32.2. The lowest BCUT2D eigenvalue weighted by molar-refractivity contribution is -0.141. The molecule has 0 fully saturated rings. The molecule has 202 valence electrons. The Morgan fingerprint density at radius 2 is 1.66 bits per heavy atom. The molecule has 1 aliphatic heterocycles. The van der Waals surface area contributed by atoms with Crippen molar-refractivity contribution in [3.8, 4) is 0 Å². The number of carbonyl (C=O) groups excluding carboxylic acids is 2. The molecule has 38 heavy (non-hydrogen) atoms. The van der Waals surface area contributed by atoms with Crippen LogP contribution in [0.5, 0.6) is 0 Å². The molecule has 0 saturated heterocycles. The lowest BCUT2D eigenvalue weighted by Gasteiger charge is -2.17. The number of rotatable bonds is 10. The van der Waals surface area contributed by atoms with Gasteiger partial charge in [0.1, 0.15) is 0 Å². The minimum absolute atomic E-state index is 0.150. The molecule has 0 radical (unpaired) electrons. The lowest BCUT2D eigenvalue weighted by atomic mass is 9.99. The van der Waals surface area contributed by atoms with E-state index in [2.05, 4.69) is 16.1 Å². The molecule has 1 heterocycles. The van der Waals surface area contributed by atoms with Crippen molar-refractivity contribution in [2.24, 2.45) is 0 Å². The Balaban J connectivity index is 1.13. The Morgan fingerprint density at radius 1 is 1.00 bits per heavy atom. The van der Waals surface area contributed by atoms with Crippen LogP contribution < -0.4 is 10.0 Å². The van der Waals surface area contributed by atoms with E-state index in [4.69, 9.17) is 0 Å². The molecule has 2 aliphatic carbocycles. The van der Waals surface area contributed by atoms with Crippen molar-refractivity contribution in [2.75, 3.05) is 18.5 Å². The predicted octanol–water partition coefficient (Wildman–Crippen LogP) is 4.43. The Labute approximate surface area is 225 Å². The van der Waals surface area contributed by atoms with Crippen LogP contribution in [0.25, 0.3) is 0 Å². The zero-order valence-electron chi connectivity index (χ0n) is 22.4. The molecule has 0 bridgehead atoms. The van der Waals surface area contributed by atoms with Crippen molar-refractivity contribution in [1.29, 1.82) is 0 Å². The second kappa shape index (κ2) is 11.0. The van der Waals surface area contributed by atoms with Gasteiger partial charge in [-0.05, 0) is 110 Å². The molecule has 2 amide bonds. The predicted molar refractivity (Wildman–Crippen MR) is 148 cm³/mol. The number of nitrogens with one attached hydrogen (secondary N) is 2. The Hall–Kier alpha value is -2.97. The van der Waals surface area contributed by atoms with Crippen LogP contribution in [0, 0.1) is 0 Å². The number of carbonyl (C=O) groups is 2. The largest absolute Gasteiger partial charge is 0.371 e. The van der Waals surface area contributed by atoms with Gasteiger partial charge in [0.15, 0.2) is 0 Å². The van der Waals surface area contributed by atoms with Gasteiger partial charge in [-0.1, -0.05) is 25.1 Å². The summed E-state index contributed by atoms with van der Waals surface area (Å²) in [7, 11) is -3.65. The van der Waals surface area contributed by atoms with Gasteiger partial charge in [-0.15, -0.1) is 0 Å². The van der Waals surface area contributed by atoms with Crippen LogP contribution in [0.2, 0.25) is 0 Å². The van der Waals surface area contributed by atoms with Crippen LogP contribution in [-0.4, -0.2) is 38.3 Å². The monoisotopic (exact) mass is 535 g/mol. The molecule has 0 spiro atoms. The summed E-state index contributed by atoms with van der Waals surface area (Å²) in [5, 5.41) is 3.40. The van der Waals surface area contributed by atoms with E-state index < -0.39 is 10.0 Å². The van der Waals surface area contributed by atoms with Crippen LogP contribution in [0.3, 0.4) is 0 Å². The summed E-state index contributed by atoms with van der Waals surface area (Å²) in [5.41, 5.74) is 9.38. The molecule has 0 atom stereocenters. The minimum atomic E-state index is -3.65. The van der Waals surface area contributed by atoms with Crippen LogP contribution in [0.15, 0.2) is 46.4 Å². The molecule has 2 aromatic carbocycles. The van der Waals surface area contributed by atoms with Gasteiger partial charge < -0.3 is 5.32 Å². The van der Waals surface area contributed by atoms with Crippen LogP contribution >= 0.6 is 0 Å². The Morgan fingerprint density at radius 3 is 2.26 bits per heavy atom. The van der Waals surface area contributed by atoms with E-state index in [-0.39, 0.29) is 29.8 Å². The average molecular weight is 536 g/mol. The molecule has 3 aliphatic rings. The zero-order valence-corrected chi connectivity index (χ0v) is 23.2. The average Bonchev–Trinajstić information content (AvgIpc) is 3.62. The molecule has 8 heteroatoms. The molecule has 0 unspecified atom stereocenters. The third-order valence-electron chi connectivity index (χ3n) is 8.16. The summed E-state index contributed by atoms with van der Waals surface area (Å²) >= 11 is 0. The number of imide groups is 1. The highest BCUT2D eigenvalue weighted by Gasteiger charge is 2.31. The normalized spacial score (nSPS) is 16.8. The molecule has 5 rings (SSSR count). The summed E-state index contributed by atoms with van der Waals surface area (Å²) in [6.07, 6.45) is 8.81. The number of amides is 2. The number of nitrogens with zero attached hydrogens (tertiary/aromatic N) is 1. The summed E-state index contributed by atoms with van der Waals surface area (Å²) in [5.74, 6) is -0.309. The van der Waals surface area contributed by atoms with Crippen molar-refractivity contribution >= 4 is 27.5 Å². The topological polar surface area (TPSA) is 95.6 Å². The number of fused-ring (bicyclic) bond motifs is 2. The van der Waals surface area contributed by atoms with Crippen LogP contribution in [0.1, 0.15) is 73.8 Å². The second-order valence-electron chi connectivity index (χ2n) is 10.6. The van der Waals surface area contributed by atoms with Gasteiger partial charge in [0.25, 0.3) is 5.91 Å². The molecule has 0 aromatic heterocycles. The molecular weight excluding hydrogens is 498 g/mol. The first-order valence-electron chi connectivity index (χ1n) is 13.8. The second-order valence-corrected chi connectivity index (χ2v) is 12.4. The van der Waals surface area contributed by atoms with E-state index in [0.717, 1.165) is 60.9 Å². The van der Waals surface area contributed by atoms with Gasteiger partial charge in [0, 0.05) is 17.7 Å². The summed E-state index contributed by atoms with van der Waals surface area (Å²) in [6, 6.07) is 9.19. The van der Waals surface area contributed by atoms with Gasteiger partial charge in [0.2, 0.25) is 15.9 Å². The Bertz CT molecular complexity index is 1360. The zero-order chi connectivity index (χ0) is 26.9. The molecule has 2 N–H and O–H groups in total. The lowest BCUT2D eigenvalue weighted by Crippen LogP contribution is -2.33. The number of sulfonamides is 1. The number of benzene rings is 2. The fourth-order valence-electron chi connectivity index (χ4n) is 6.15. The van der Waals surface area contributed by atoms with Crippen molar-refractivity contribution < 1.29 is 18.0 Å². The number of aryl methyl sites for hydroxylation is 3. The molecule has 7 nitrogen and oxygen atoms in total. The van der Waals surface area contributed by atoms with Crippen molar-refractivity contribution in [3.63, 3.8) is 0 Å². The third-order valence-corrected chi connectivity index (χ3v) is 9.58. The number of anilines is 1. The smallest absolute Gasteiger partial charge is 0.256 e. The maximum absolute atomic E-state index is 12.9. The molecule has 0 saturated carbocycles. The number of hydrogen-bond donors (Lipinski definition) is 2. The van der Waals surface area contributed by atoms with Crippen molar-refractivity contribution in [3.05, 3.63) is 69.3 Å². The van der Waals surface area contributed by atoms with E-state index in [0.29, 0.717) is 25.8 Å². The number of hydrogen-bond acceptors (Lipinski definition) is 5. The van der Waals surface area contributed by atoms with Crippen molar-refractivity contribution in [2.45, 2.75) is 83.0 Å². The highest BCUT2D eigenvalue weighted by Crippen LogP contribution is 2.38. The Kier molecular flexibility index (Phi) is 7.73. The third kappa shape index (κ3) is 5.29. The van der Waals surface area contributed by atoms with Crippen molar-refractivity contribution in [1.82, 2.24) is 9.62 Å². The minimum Gasteiger partial charge on any atom is -0.371 e. The van der Waals surface area contributed by atoms with E-state index >= 15 is 0 Å². The van der Waals surface area contributed by atoms with E-state index in [9.17, 15) is 18.0 Å². The van der Waals surface area contributed by atoms with E-state index in [1.165, 1.54) is 27.2 Å². The summed E-state index contributed by atoms with van der Waals surface area (Å²) in [6.45, 7) is 4.38. The van der Waals surface area contributed by atoms with E-state index in [1.807, 2.05) is 13.8 Å². The first kappa shape index (κ1) is 26.6. The van der Waals surface area contributed by atoms with Gasteiger partial charge in [-0.3, -0.25) is 14.5 Å². The highest BCUT2D eigenvalue weighted by molar-refractivity contribution is 7.89. The van der Waals surface area contributed by atoms with Gasteiger partial charge >= 0.3 is 0 Å². The fourth-order valence-corrected chi connectivity index (χ4v) is 7.07. The standard InChI is InChI=1S/C30H37N3O4S/c1-3-25-20(2)18-33(30(25)35)28(34)12-4-7-21-13-15-24(16-14-21)38(36,37)32-19-31-29-26-10-5-8-22(26)17-23-9-6-11-27(23)29/h13-17,31-32H,3-12,18-19H2,1-2H3. The summed E-state index contributed by atoms with van der Waals surface area (Å²) < 4.78 is 28.6. The van der Waals surface area contributed by atoms with Gasteiger partial charge in [-0.25, -0.2) is 8.42 Å². The quantitative estimate of drug-likeness (QED) is 0.439. The van der Waals surface area contributed by atoms with E-state index in [1.54, 1.807) is 24.3 Å². The van der Waals surface area contributed by atoms with Gasteiger partial charge in [-0.2, -0.15) is 4.72 Å². The SMILES string of the molecule is CCC1=C(C)CN(C(=O)CCCc2ccc(S(=O)(=O)NCNc3c4c(cc5c3CCC5)CCC4)cc2)C1=O. The first-order chi connectivity index (χ1) is 18.3. The first-order valence-corrected chi connectivity index (χ1v) is 15.3. The summed E-state index contributed by atoms with van der Waals surface area (Å²) in [4.78, 5) is 26.5.